The van der Waals surface area contributed by atoms with Gasteiger partial charge < -0.3 is 0 Å². The Morgan fingerprint density at radius 1 is 1.04 bits per heavy atom. The SMILES string of the molecule is Cc1cc(C(=O)/C=C/c2ccc(Cc3ccccc3)s2)c(C)s1. The first-order valence-corrected chi connectivity index (χ1v) is 9.17. The summed E-state index contributed by atoms with van der Waals surface area (Å²) in [7, 11) is 0. The van der Waals surface area contributed by atoms with Crippen molar-refractivity contribution in [3.8, 4) is 0 Å². The molecule has 3 aromatic rings. The van der Waals surface area contributed by atoms with Crippen LogP contribution in [0.2, 0.25) is 0 Å². The molecule has 0 aliphatic heterocycles. The molecule has 0 radical (unpaired) electrons. The number of allylic oxidation sites excluding steroid dienone is 1. The van der Waals surface area contributed by atoms with Gasteiger partial charge in [-0.3, -0.25) is 4.79 Å². The third-order valence-corrected chi connectivity index (χ3v) is 5.63. The van der Waals surface area contributed by atoms with Gasteiger partial charge in [-0.25, -0.2) is 0 Å². The molecule has 0 saturated carbocycles. The van der Waals surface area contributed by atoms with E-state index in [2.05, 4.69) is 36.4 Å². The lowest BCUT2D eigenvalue weighted by Gasteiger charge is -1.96. The quantitative estimate of drug-likeness (QED) is 0.417. The lowest BCUT2D eigenvalue weighted by molar-refractivity contribution is 0.104. The van der Waals surface area contributed by atoms with Crippen molar-refractivity contribution in [3.05, 3.63) is 85.2 Å². The molecule has 0 atom stereocenters. The normalized spacial score (nSPS) is 11.2. The van der Waals surface area contributed by atoms with Crippen LogP contribution in [-0.2, 0) is 6.42 Å². The third-order valence-electron chi connectivity index (χ3n) is 3.61. The van der Waals surface area contributed by atoms with Crippen LogP contribution in [0.1, 0.15) is 35.4 Å². The van der Waals surface area contributed by atoms with E-state index >= 15 is 0 Å². The van der Waals surface area contributed by atoms with Crippen molar-refractivity contribution < 1.29 is 4.79 Å². The second kappa shape index (κ2) is 7.07. The molecule has 0 aliphatic carbocycles. The number of ketones is 1. The van der Waals surface area contributed by atoms with E-state index < -0.39 is 0 Å². The van der Waals surface area contributed by atoms with Gasteiger partial charge >= 0.3 is 0 Å². The Hall–Kier alpha value is -1.97. The van der Waals surface area contributed by atoms with E-state index in [-0.39, 0.29) is 5.78 Å². The van der Waals surface area contributed by atoms with Gasteiger partial charge in [0.15, 0.2) is 5.78 Å². The van der Waals surface area contributed by atoms with Crippen LogP contribution in [-0.4, -0.2) is 5.78 Å². The number of hydrogen-bond donors (Lipinski definition) is 0. The fourth-order valence-corrected chi connectivity index (χ4v) is 4.38. The number of benzene rings is 1. The lowest BCUT2D eigenvalue weighted by atomic mass is 10.1. The van der Waals surface area contributed by atoms with Gasteiger partial charge in [0.1, 0.15) is 0 Å². The number of rotatable bonds is 5. The molecule has 23 heavy (non-hydrogen) atoms. The van der Waals surface area contributed by atoms with Crippen molar-refractivity contribution in [1.82, 2.24) is 0 Å². The second-order valence-corrected chi connectivity index (χ2v) is 8.15. The Kier molecular flexibility index (Phi) is 4.89. The van der Waals surface area contributed by atoms with E-state index in [9.17, 15) is 4.79 Å². The maximum atomic E-state index is 12.3. The van der Waals surface area contributed by atoms with Crippen molar-refractivity contribution in [2.24, 2.45) is 0 Å². The van der Waals surface area contributed by atoms with Crippen molar-refractivity contribution in [1.29, 1.82) is 0 Å². The summed E-state index contributed by atoms with van der Waals surface area (Å²) in [6, 6.07) is 16.6. The average molecular weight is 338 g/mol. The highest BCUT2D eigenvalue weighted by Gasteiger charge is 2.09. The Morgan fingerprint density at radius 3 is 2.52 bits per heavy atom. The standard InChI is InChI=1S/C20H18OS2/c1-14-12-19(15(2)22-14)20(21)11-10-17-8-9-18(23-17)13-16-6-4-3-5-7-16/h3-12H,13H2,1-2H3/b11-10+. The molecule has 116 valence electrons. The number of aryl methyl sites for hydroxylation is 2. The Labute approximate surface area is 144 Å². The zero-order valence-electron chi connectivity index (χ0n) is 13.2. The van der Waals surface area contributed by atoms with Gasteiger partial charge in [-0.2, -0.15) is 0 Å². The van der Waals surface area contributed by atoms with Crippen LogP contribution in [0.5, 0.6) is 0 Å². The van der Waals surface area contributed by atoms with E-state index in [1.807, 2.05) is 32.1 Å². The molecule has 1 nitrogen and oxygen atoms in total. The van der Waals surface area contributed by atoms with Gasteiger partial charge in [-0.05, 0) is 49.8 Å². The highest BCUT2D eigenvalue weighted by atomic mass is 32.1. The van der Waals surface area contributed by atoms with Crippen LogP contribution in [0.15, 0.2) is 54.6 Å². The fourth-order valence-electron chi connectivity index (χ4n) is 2.50. The van der Waals surface area contributed by atoms with Crippen LogP contribution >= 0.6 is 22.7 Å². The molecular weight excluding hydrogens is 320 g/mol. The number of carbonyl (C=O) groups excluding carboxylic acids is 1. The number of thiophene rings is 2. The minimum absolute atomic E-state index is 0.0878. The average Bonchev–Trinajstić information content (AvgIpc) is 3.12. The van der Waals surface area contributed by atoms with Gasteiger partial charge in [-0.1, -0.05) is 30.3 Å². The molecule has 1 aromatic carbocycles. The summed E-state index contributed by atoms with van der Waals surface area (Å²) < 4.78 is 0. The summed E-state index contributed by atoms with van der Waals surface area (Å²) in [6.07, 6.45) is 4.55. The topological polar surface area (TPSA) is 17.1 Å². The molecule has 0 amide bonds. The second-order valence-electron chi connectivity index (χ2n) is 5.49. The zero-order valence-corrected chi connectivity index (χ0v) is 14.8. The first kappa shape index (κ1) is 15.9. The van der Waals surface area contributed by atoms with Gasteiger partial charge in [0.05, 0.1) is 0 Å². The van der Waals surface area contributed by atoms with Crippen LogP contribution in [0.4, 0.5) is 0 Å². The van der Waals surface area contributed by atoms with E-state index in [4.69, 9.17) is 0 Å². The van der Waals surface area contributed by atoms with Crippen molar-refractivity contribution in [2.45, 2.75) is 20.3 Å². The molecular formula is C20H18OS2. The van der Waals surface area contributed by atoms with E-state index in [0.29, 0.717) is 0 Å². The minimum atomic E-state index is 0.0878. The molecule has 0 N–H and O–H groups in total. The zero-order chi connectivity index (χ0) is 16.2. The van der Waals surface area contributed by atoms with Gasteiger partial charge in [0.2, 0.25) is 0 Å². The van der Waals surface area contributed by atoms with Crippen LogP contribution < -0.4 is 0 Å². The molecule has 2 aromatic heterocycles. The number of carbonyl (C=O) groups is 1. The predicted molar refractivity (Wildman–Crippen MR) is 101 cm³/mol. The Bertz CT molecular complexity index is 838. The van der Waals surface area contributed by atoms with E-state index in [1.165, 1.54) is 15.3 Å². The summed E-state index contributed by atoms with van der Waals surface area (Å²) >= 11 is 3.41. The summed E-state index contributed by atoms with van der Waals surface area (Å²) in [5, 5.41) is 0. The minimum Gasteiger partial charge on any atom is -0.289 e. The van der Waals surface area contributed by atoms with Crippen LogP contribution in [0, 0.1) is 13.8 Å². The van der Waals surface area contributed by atoms with Crippen molar-refractivity contribution in [2.75, 3.05) is 0 Å². The Morgan fingerprint density at radius 2 is 1.83 bits per heavy atom. The summed E-state index contributed by atoms with van der Waals surface area (Å²) in [5.41, 5.74) is 2.13. The highest BCUT2D eigenvalue weighted by molar-refractivity contribution is 7.13. The summed E-state index contributed by atoms with van der Waals surface area (Å²) in [4.78, 5) is 17.0. The van der Waals surface area contributed by atoms with E-state index in [1.54, 1.807) is 28.7 Å². The maximum absolute atomic E-state index is 12.3. The maximum Gasteiger partial charge on any atom is 0.186 e. The lowest BCUT2D eigenvalue weighted by Crippen LogP contribution is -1.93. The van der Waals surface area contributed by atoms with Gasteiger partial charge in [0.25, 0.3) is 0 Å². The largest absolute Gasteiger partial charge is 0.289 e. The molecule has 0 bridgehead atoms. The van der Waals surface area contributed by atoms with Gasteiger partial charge in [-0.15, -0.1) is 22.7 Å². The monoisotopic (exact) mass is 338 g/mol. The molecule has 3 rings (SSSR count). The molecule has 0 spiro atoms. The van der Waals surface area contributed by atoms with Crippen LogP contribution in [0.3, 0.4) is 0 Å². The molecule has 0 saturated heterocycles. The number of hydrogen-bond acceptors (Lipinski definition) is 3. The first-order chi connectivity index (χ1) is 11.1. The van der Waals surface area contributed by atoms with E-state index in [0.717, 1.165) is 21.7 Å². The highest BCUT2D eigenvalue weighted by Crippen LogP contribution is 2.23. The van der Waals surface area contributed by atoms with Crippen LogP contribution in [0.25, 0.3) is 6.08 Å². The van der Waals surface area contributed by atoms with Crippen molar-refractivity contribution >= 4 is 34.5 Å². The molecule has 0 aliphatic rings. The first-order valence-electron chi connectivity index (χ1n) is 7.54. The summed E-state index contributed by atoms with van der Waals surface area (Å²) in [5.74, 6) is 0.0878. The molecule has 3 heteroatoms. The third kappa shape index (κ3) is 4.06. The van der Waals surface area contributed by atoms with Gasteiger partial charge in [0, 0.05) is 31.5 Å². The fraction of sp³-hybridized carbons (Fsp3) is 0.150. The predicted octanol–water partition coefficient (Wildman–Crippen LogP) is 5.91. The smallest absolute Gasteiger partial charge is 0.186 e. The molecule has 2 heterocycles. The Balaban J connectivity index is 1.69. The molecule has 0 fully saturated rings. The van der Waals surface area contributed by atoms with Crippen molar-refractivity contribution in [3.63, 3.8) is 0 Å². The molecule has 0 unspecified atom stereocenters. The summed E-state index contributed by atoms with van der Waals surface area (Å²) in [6.45, 7) is 4.04.